The number of rotatable bonds is 3. The molecule has 3 rings (SSSR count). The number of aromatic nitrogens is 2. The number of carbonyl (C=O) groups is 1. The van der Waals surface area contributed by atoms with E-state index in [4.69, 9.17) is 11.6 Å². The fourth-order valence-corrected chi connectivity index (χ4v) is 2.78. The summed E-state index contributed by atoms with van der Waals surface area (Å²) in [6.07, 6.45) is -10.1. The standard InChI is InChI=1S/C18H9ClF6N2O2/c19-12-2-1-3-13(7-12)27-15(8-14(26-27)16(28)29)9-4-10(17(20,21)22)6-11(5-9)18(23,24)25/h1-8H,(H,28,29). The zero-order valence-electron chi connectivity index (χ0n) is 14.0. The lowest BCUT2D eigenvalue weighted by atomic mass is 10.0. The lowest BCUT2D eigenvalue weighted by molar-refractivity contribution is -0.143. The molecule has 1 heterocycles. The molecule has 11 heteroatoms. The molecule has 0 aliphatic carbocycles. The summed E-state index contributed by atoms with van der Waals surface area (Å²) < 4.78 is 79.9. The molecular formula is C18H9ClF6N2O2. The average Bonchev–Trinajstić information content (AvgIpc) is 3.05. The third kappa shape index (κ3) is 4.37. The molecule has 0 aliphatic heterocycles. The number of hydrogen-bond donors (Lipinski definition) is 1. The minimum atomic E-state index is -5.05. The second-order valence-corrected chi connectivity index (χ2v) is 6.34. The van der Waals surface area contributed by atoms with Crippen LogP contribution in [0.4, 0.5) is 26.3 Å². The van der Waals surface area contributed by atoms with Crippen LogP contribution in [0.2, 0.25) is 5.02 Å². The first-order valence-corrected chi connectivity index (χ1v) is 8.13. The van der Waals surface area contributed by atoms with Gasteiger partial charge in [0.25, 0.3) is 0 Å². The lowest BCUT2D eigenvalue weighted by Gasteiger charge is -2.15. The van der Waals surface area contributed by atoms with Crippen LogP contribution in [0.25, 0.3) is 16.9 Å². The highest BCUT2D eigenvalue weighted by Crippen LogP contribution is 2.39. The van der Waals surface area contributed by atoms with Crippen LogP contribution in [0.3, 0.4) is 0 Å². The van der Waals surface area contributed by atoms with E-state index in [1.807, 2.05) is 0 Å². The Balaban J connectivity index is 2.31. The Labute approximate surface area is 163 Å². The zero-order valence-corrected chi connectivity index (χ0v) is 14.8. The molecule has 29 heavy (non-hydrogen) atoms. The van der Waals surface area contributed by atoms with Gasteiger partial charge in [0.05, 0.1) is 22.5 Å². The second-order valence-electron chi connectivity index (χ2n) is 5.91. The van der Waals surface area contributed by atoms with Crippen molar-refractivity contribution in [1.82, 2.24) is 9.78 Å². The highest BCUT2D eigenvalue weighted by molar-refractivity contribution is 6.30. The van der Waals surface area contributed by atoms with Gasteiger partial charge in [-0.3, -0.25) is 0 Å². The number of hydrogen-bond acceptors (Lipinski definition) is 2. The van der Waals surface area contributed by atoms with Gasteiger partial charge >= 0.3 is 18.3 Å². The number of carboxylic acids is 1. The summed E-state index contributed by atoms with van der Waals surface area (Å²) >= 11 is 5.88. The van der Waals surface area contributed by atoms with E-state index < -0.39 is 40.7 Å². The molecule has 0 aliphatic rings. The van der Waals surface area contributed by atoms with Crippen molar-refractivity contribution in [1.29, 1.82) is 0 Å². The molecule has 0 atom stereocenters. The van der Waals surface area contributed by atoms with Gasteiger partial charge in [-0.05, 0) is 42.5 Å². The summed E-state index contributed by atoms with van der Waals surface area (Å²) in [7, 11) is 0. The van der Waals surface area contributed by atoms with Crippen LogP contribution in [-0.4, -0.2) is 20.9 Å². The first kappa shape index (κ1) is 20.7. The molecule has 0 saturated carbocycles. The van der Waals surface area contributed by atoms with Crippen LogP contribution >= 0.6 is 11.6 Å². The Bertz CT molecular complexity index is 1060. The molecule has 0 amide bonds. The molecule has 0 saturated heterocycles. The van der Waals surface area contributed by atoms with Crippen molar-refractivity contribution in [2.45, 2.75) is 12.4 Å². The van der Waals surface area contributed by atoms with Crippen LogP contribution in [0.15, 0.2) is 48.5 Å². The van der Waals surface area contributed by atoms with Gasteiger partial charge in [0.1, 0.15) is 0 Å². The summed E-state index contributed by atoms with van der Waals surface area (Å²) in [4.78, 5) is 11.3. The molecule has 0 radical (unpaired) electrons. The third-order valence-electron chi connectivity index (χ3n) is 3.86. The van der Waals surface area contributed by atoms with Gasteiger partial charge in [0.2, 0.25) is 0 Å². The van der Waals surface area contributed by atoms with Crippen LogP contribution < -0.4 is 0 Å². The largest absolute Gasteiger partial charge is 0.476 e. The highest BCUT2D eigenvalue weighted by Gasteiger charge is 2.37. The highest BCUT2D eigenvalue weighted by atomic mass is 35.5. The lowest BCUT2D eigenvalue weighted by Crippen LogP contribution is -2.11. The molecule has 3 aromatic rings. The summed E-state index contributed by atoms with van der Waals surface area (Å²) in [6.45, 7) is 0. The first-order chi connectivity index (χ1) is 13.4. The predicted octanol–water partition coefficient (Wildman–Crippen LogP) is 5.93. The topological polar surface area (TPSA) is 55.1 Å². The fraction of sp³-hybridized carbons (Fsp3) is 0.111. The molecular weight excluding hydrogens is 426 g/mol. The maximum Gasteiger partial charge on any atom is 0.416 e. The average molecular weight is 435 g/mol. The number of carboxylic acid groups (broad SMARTS) is 1. The van der Waals surface area contributed by atoms with Gasteiger partial charge in [0.15, 0.2) is 5.69 Å². The van der Waals surface area contributed by atoms with Gasteiger partial charge in [-0.15, -0.1) is 0 Å². The minimum absolute atomic E-state index is 0.0122. The van der Waals surface area contributed by atoms with Crippen molar-refractivity contribution in [3.63, 3.8) is 0 Å². The molecule has 4 nitrogen and oxygen atoms in total. The summed E-state index contributed by atoms with van der Waals surface area (Å²) in [5.74, 6) is -1.50. The van der Waals surface area contributed by atoms with E-state index in [1.54, 1.807) is 0 Å². The molecule has 1 N–H and O–H groups in total. The van der Waals surface area contributed by atoms with E-state index in [9.17, 15) is 36.2 Å². The van der Waals surface area contributed by atoms with E-state index in [0.29, 0.717) is 12.1 Å². The Morgan fingerprint density at radius 3 is 2.00 bits per heavy atom. The third-order valence-corrected chi connectivity index (χ3v) is 4.10. The maximum atomic E-state index is 13.2. The molecule has 0 fully saturated rings. The summed E-state index contributed by atoms with van der Waals surface area (Å²) in [6, 6.07) is 7.59. The van der Waals surface area contributed by atoms with Crippen molar-refractivity contribution in [2.24, 2.45) is 0 Å². The van der Waals surface area contributed by atoms with Crippen LogP contribution in [0, 0.1) is 0 Å². The van der Waals surface area contributed by atoms with E-state index in [-0.39, 0.29) is 22.5 Å². The summed E-state index contributed by atoms with van der Waals surface area (Å²) in [5, 5.41) is 13.2. The van der Waals surface area contributed by atoms with Crippen molar-refractivity contribution >= 4 is 17.6 Å². The number of alkyl halides is 6. The summed E-state index contributed by atoms with van der Waals surface area (Å²) in [5.41, 5.74) is -4.25. The van der Waals surface area contributed by atoms with Crippen LogP contribution in [0.5, 0.6) is 0 Å². The number of aromatic carboxylic acids is 1. The van der Waals surface area contributed by atoms with E-state index in [1.165, 1.54) is 24.3 Å². The SMILES string of the molecule is O=C(O)c1cc(-c2cc(C(F)(F)F)cc(C(F)(F)F)c2)n(-c2cccc(Cl)c2)n1. The maximum absolute atomic E-state index is 13.2. The molecule has 0 unspecified atom stereocenters. The Morgan fingerprint density at radius 2 is 1.52 bits per heavy atom. The minimum Gasteiger partial charge on any atom is -0.476 e. The van der Waals surface area contributed by atoms with Gasteiger partial charge in [-0.1, -0.05) is 17.7 Å². The van der Waals surface area contributed by atoms with Crippen LogP contribution in [-0.2, 0) is 12.4 Å². The smallest absolute Gasteiger partial charge is 0.416 e. The van der Waals surface area contributed by atoms with Gasteiger partial charge < -0.3 is 5.11 Å². The Kier molecular flexibility index (Phi) is 5.08. The molecule has 2 aromatic carbocycles. The second kappa shape index (κ2) is 7.11. The molecule has 152 valence electrons. The zero-order chi connectivity index (χ0) is 21.6. The predicted molar refractivity (Wildman–Crippen MR) is 91.0 cm³/mol. The quantitative estimate of drug-likeness (QED) is 0.520. The van der Waals surface area contributed by atoms with Gasteiger partial charge in [0, 0.05) is 10.6 Å². The Morgan fingerprint density at radius 1 is 0.931 bits per heavy atom. The van der Waals surface area contributed by atoms with Crippen molar-refractivity contribution < 1.29 is 36.2 Å². The number of nitrogens with zero attached hydrogens (tertiary/aromatic N) is 2. The van der Waals surface area contributed by atoms with Crippen molar-refractivity contribution in [3.8, 4) is 16.9 Å². The number of benzene rings is 2. The van der Waals surface area contributed by atoms with Crippen molar-refractivity contribution in [3.05, 3.63) is 70.4 Å². The fourth-order valence-electron chi connectivity index (χ4n) is 2.60. The van der Waals surface area contributed by atoms with E-state index in [2.05, 4.69) is 5.10 Å². The number of halogens is 7. The normalized spacial score (nSPS) is 12.2. The van der Waals surface area contributed by atoms with Crippen LogP contribution in [0.1, 0.15) is 21.6 Å². The van der Waals surface area contributed by atoms with Crippen molar-refractivity contribution in [2.75, 3.05) is 0 Å². The molecule has 1 aromatic heterocycles. The Hall–Kier alpha value is -3.01. The first-order valence-electron chi connectivity index (χ1n) is 7.75. The monoisotopic (exact) mass is 434 g/mol. The van der Waals surface area contributed by atoms with E-state index in [0.717, 1.165) is 10.7 Å². The molecule has 0 spiro atoms. The van der Waals surface area contributed by atoms with E-state index >= 15 is 0 Å². The van der Waals surface area contributed by atoms with Gasteiger partial charge in [-0.2, -0.15) is 31.4 Å². The molecule has 0 bridgehead atoms. The van der Waals surface area contributed by atoms with Gasteiger partial charge in [-0.25, -0.2) is 9.48 Å².